The number of nitrogens with two attached hydrogens (primary N) is 5. The second-order valence-electron chi connectivity index (χ2n) is 18.3. The Morgan fingerprint density at radius 1 is 0.440 bits per heavy atom. The van der Waals surface area contributed by atoms with Gasteiger partial charge in [0.15, 0.2) is 17.9 Å². The molecule has 0 unspecified atom stereocenters. The zero-order valence-corrected chi connectivity index (χ0v) is 46.5. The molecular weight excluding hydrogens is 1100 g/mol. The van der Waals surface area contributed by atoms with Gasteiger partial charge in [-0.25, -0.2) is 0 Å². The number of aliphatic hydroxyl groups excluding tert-OH is 1. The molecule has 0 aliphatic heterocycles. The van der Waals surface area contributed by atoms with E-state index in [2.05, 4.69) is 53.2 Å². The van der Waals surface area contributed by atoms with Gasteiger partial charge in [0, 0.05) is 42.4 Å². The molecule has 0 bridgehead atoms. The van der Waals surface area contributed by atoms with Gasteiger partial charge in [-0.3, -0.25) is 54.6 Å². The van der Waals surface area contributed by atoms with Crippen LogP contribution >= 0.6 is 0 Å². The van der Waals surface area contributed by atoms with Crippen LogP contribution in [-0.4, -0.2) is 149 Å². The number of anilines is 4. The lowest BCUT2D eigenvalue weighted by Gasteiger charge is -2.22. The van der Waals surface area contributed by atoms with E-state index < -0.39 is 78.0 Å². The summed E-state index contributed by atoms with van der Waals surface area (Å²) in [6.07, 6.45) is 0.616. The molecule has 4 aromatic carbocycles. The molecule has 0 aromatic heterocycles. The molecule has 4 atom stereocenters. The number of ether oxygens (including phenoxy) is 4. The average molecular weight is 1170 g/mol. The maximum Gasteiger partial charge on any atom is 0.255 e. The number of methoxy groups -OCH3 is 4. The van der Waals surface area contributed by atoms with Crippen LogP contribution in [0.2, 0.25) is 0 Å². The number of rotatable bonds is 32. The van der Waals surface area contributed by atoms with Gasteiger partial charge in [-0.05, 0) is 111 Å². The minimum absolute atomic E-state index is 0.00727. The smallest absolute Gasteiger partial charge is 0.255 e. The standard InChI is InChI=1S/C53H72N18O13/c1-81-39-15-11-27(22-31(39)43(55)73)66-48(78)36(8-5-19-62-51(56)57)69-45(75)33-24-29(13-17-41(33)83-3)68-50(80)38(10-7-21-64-53(60)61)71-46(76)34-25-30(14-18-42(34)84-4)67-49(79)37(9-6-20-63-52(58)59)70-44(74)32-23-28(12-16-40(32)82-2)65-47(77)35(54)26-72/h11-18,22-25,35-38,72H,5-10,19-21,26,54H2,1-4H3,(H2,55,73)(H,65,77)(H,66,78)(H,67,79)(H,68,80)(H,69,75)(H,70,74)(H,71,76)(H4,56,57,62)(H4,58,59,63)(H4,60,61,64)/t35-,36-,37-,38-/m1/s1. The van der Waals surface area contributed by atoms with E-state index >= 15 is 0 Å². The lowest BCUT2D eigenvalue weighted by Crippen LogP contribution is -2.45. The highest BCUT2D eigenvalue weighted by molar-refractivity contribution is 6.07. The van der Waals surface area contributed by atoms with Gasteiger partial charge in [0.25, 0.3) is 23.6 Å². The maximum atomic E-state index is 14.3. The second-order valence-corrected chi connectivity index (χ2v) is 18.3. The van der Waals surface area contributed by atoms with Crippen molar-refractivity contribution in [2.24, 2.45) is 28.7 Å². The van der Waals surface area contributed by atoms with Gasteiger partial charge >= 0.3 is 0 Å². The van der Waals surface area contributed by atoms with E-state index in [1.165, 1.54) is 101 Å². The number of hydrogen-bond acceptors (Lipinski definition) is 17. The van der Waals surface area contributed by atoms with Gasteiger partial charge in [0.2, 0.25) is 23.6 Å². The van der Waals surface area contributed by atoms with Crippen LogP contribution in [0.1, 0.15) is 80.0 Å². The van der Waals surface area contributed by atoms with Crippen molar-refractivity contribution in [2.45, 2.75) is 62.7 Å². The third-order valence-corrected chi connectivity index (χ3v) is 12.2. The van der Waals surface area contributed by atoms with Crippen LogP contribution in [0.25, 0.3) is 0 Å². The molecule has 452 valence electrons. The third kappa shape index (κ3) is 20.3. The molecule has 0 aliphatic carbocycles. The van der Waals surface area contributed by atoms with Crippen molar-refractivity contribution in [1.82, 2.24) is 31.9 Å². The highest BCUT2D eigenvalue weighted by Gasteiger charge is 2.29. The van der Waals surface area contributed by atoms with Gasteiger partial charge in [0.05, 0.1) is 57.3 Å². The lowest BCUT2D eigenvalue weighted by molar-refractivity contribution is -0.118. The van der Waals surface area contributed by atoms with Crippen molar-refractivity contribution >= 4 is 87.9 Å². The summed E-state index contributed by atoms with van der Waals surface area (Å²) in [5, 5.41) is 58.4. The fourth-order valence-corrected chi connectivity index (χ4v) is 7.98. The van der Waals surface area contributed by atoms with Crippen LogP contribution < -0.4 is 101 Å². The van der Waals surface area contributed by atoms with E-state index in [0.29, 0.717) is 0 Å². The Balaban J connectivity index is 1.61. The summed E-state index contributed by atoms with van der Waals surface area (Å²) in [6.45, 7) is -0.210. The molecule has 4 rings (SSSR count). The molecule has 31 nitrogen and oxygen atoms in total. The highest BCUT2D eigenvalue weighted by atomic mass is 16.5. The molecule has 0 saturated heterocycles. The number of amides is 8. The predicted octanol–water partition coefficient (Wildman–Crippen LogP) is -0.921. The molecule has 0 aliphatic rings. The topological polar surface area (TPSA) is 516 Å². The summed E-state index contributed by atoms with van der Waals surface area (Å²) in [5.74, 6) is -6.89. The molecule has 0 heterocycles. The Kier molecular flexibility index (Phi) is 25.7. The normalized spacial score (nSPS) is 12.0. The average Bonchev–Trinajstić information content (AvgIpc) is 3.42. The first-order chi connectivity index (χ1) is 40.0. The number of nitrogens with one attached hydrogen (secondary N) is 13. The largest absolute Gasteiger partial charge is 0.496 e. The fourth-order valence-electron chi connectivity index (χ4n) is 7.98. The number of carbonyl (C=O) groups is 8. The van der Waals surface area contributed by atoms with E-state index in [0.717, 1.165) is 0 Å². The summed E-state index contributed by atoms with van der Waals surface area (Å²) in [6, 6.07) is 11.4. The zero-order chi connectivity index (χ0) is 62.0. The third-order valence-electron chi connectivity index (χ3n) is 12.2. The summed E-state index contributed by atoms with van der Waals surface area (Å²) < 4.78 is 21.6. The summed E-state index contributed by atoms with van der Waals surface area (Å²) in [7, 11) is 5.24. The molecule has 0 fully saturated rings. The lowest BCUT2D eigenvalue weighted by atomic mass is 10.1. The van der Waals surface area contributed by atoms with Crippen LogP contribution in [0.3, 0.4) is 0 Å². The zero-order valence-electron chi connectivity index (χ0n) is 46.5. The monoisotopic (exact) mass is 1170 g/mol. The first-order valence-electron chi connectivity index (χ1n) is 25.8. The molecular formula is C53H72N18O13. The molecule has 4 aromatic rings. The first kappa shape index (κ1) is 66.1. The quantitative estimate of drug-likeness (QED) is 0.0160. The molecule has 24 N–H and O–H groups in total. The van der Waals surface area contributed by atoms with Gasteiger partial charge in [-0.2, -0.15) is 0 Å². The van der Waals surface area contributed by atoms with Gasteiger partial charge in [0.1, 0.15) is 47.2 Å². The SMILES string of the molecule is COc1ccc(NC(=O)[C@@H](CCCNC(=N)N)NC(=O)c2cc(NC(=O)[C@@H](CCCNC(=N)N)NC(=O)c3cc(NC(=O)[C@@H](CCCNC(=N)N)NC(=O)c4cc(NC(=O)[C@H](N)CO)ccc4OC)ccc3OC)ccc2OC)cc1C(N)=O. The Hall–Kier alpha value is -10.4. The van der Waals surface area contributed by atoms with Gasteiger partial charge in [-0.15, -0.1) is 0 Å². The molecule has 8 amide bonds. The molecule has 31 heteroatoms. The number of hydrogen-bond donors (Lipinski definition) is 19. The van der Waals surface area contributed by atoms with Crippen LogP contribution in [0.5, 0.6) is 23.0 Å². The second kappa shape index (κ2) is 32.7. The number of aliphatic hydroxyl groups is 1. The Morgan fingerprint density at radius 3 is 0.952 bits per heavy atom. The van der Waals surface area contributed by atoms with E-state index in [1.807, 2.05) is 0 Å². The molecule has 0 saturated carbocycles. The summed E-state index contributed by atoms with van der Waals surface area (Å²) in [5.41, 5.74) is 27.5. The predicted molar refractivity (Wildman–Crippen MR) is 311 cm³/mol. The number of carbonyl (C=O) groups excluding carboxylic acids is 8. The van der Waals surface area contributed by atoms with Crippen molar-refractivity contribution in [1.29, 1.82) is 16.2 Å². The van der Waals surface area contributed by atoms with Crippen molar-refractivity contribution < 1.29 is 62.4 Å². The Labute approximate surface area is 482 Å². The molecule has 0 spiro atoms. The highest BCUT2D eigenvalue weighted by Crippen LogP contribution is 2.28. The van der Waals surface area contributed by atoms with Crippen molar-refractivity contribution in [3.63, 3.8) is 0 Å². The molecule has 84 heavy (non-hydrogen) atoms. The Morgan fingerprint density at radius 2 is 0.702 bits per heavy atom. The van der Waals surface area contributed by atoms with Crippen molar-refractivity contribution in [3.8, 4) is 23.0 Å². The fraction of sp³-hybridized carbons (Fsp3) is 0.340. The van der Waals surface area contributed by atoms with Gasteiger partial charge < -0.3 is 106 Å². The number of primary amides is 1. The minimum atomic E-state index is -1.32. The minimum Gasteiger partial charge on any atom is -0.496 e. The van der Waals surface area contributed by atoms with E-state index in [-0.39, 0.29) is 144 Å². The van der Waals surface area contributed by atoms with E-state index in [9.17, 15) is 43.5 Å². The van der Waals surface area contributed by atoms with Crippen LogP contribution in [0.15, 0.2) is 72.8 Å². The van der Waals surface area contributed by atoms with Gasteiger partial charge in [-0.1, -0.05) is 0 Å². The summed E-state index contributed by atoms with van der Waals surface area (Å²) in [4.78, 5) is 109. The van der Waals surface area contributed by atoms with Crippen LogP contribution in [-0.2, 0) is 19.2 Å². The number of benzene rings is 4. The van der Waals surface area contributed by atoms with E-state index in [4.69, 9.17) is 63.8 Å². The maximum absolute atomic E-state index is 14.3. The Bertz CT molecular complexity index is 3070. The van der Waals surface area contributed by atoms with Crippen molar-refractivity contribution in [2.75, 3.05) is 75.9 Å². The molecule has 0 radical (unpaired) electrons. The first-order valence-corrected chi connectivity index (χ1v) is 25.8. The van der Waals surface area contributed by atoms with Crippen LogP contribution in [0, 0.1) is 16.2 Å². The van der Waals surface area contributed by atoms with E-state index in [1.54, 1.807) is 0 Å². The summed E-state index contributed by atoms with van der Waals surface area (Å²) >= 11 is 0. The number of guanidine groups is 3. The van der Waals surface area contributed by atoms with Crippen LogP contribution in [0.4, 0.5) is 22.7 Å². The van der Waals surface area contributed by atoms with Crippen molar-refractivity contribution in [3.05, 3.63) is 95.1 Å².